The molecule has 1 fully saturated rings. The standard InChI is InChI=1S/C17H15BrINO/c18-13-7-8-15(19)14(11-13)16(21)20-17(9-4-10-17)12-5-2-1-3-6-12/h1-3,5-8,11H,4,9-10H2,(H,20,21). The summed E-state index contributed by atoms with van der Waals surface area (Å²) in [5.41, 5.74) is 1.74. The van der Waals surface area contributed by atoms with Gasteiger partial charge in [-0.15, -0.1) is 0 Å². The first-order valence-electron chi connectivity index (χ1n) is 6.94. The summed E-state index contributed by atoms with van der Waals surface area (Å²) in [5, 5.41) is 3.27. The van der Waals surface area contributed by atoms with Gasteiger partial charge in [0, 0.05) is 8.04 Å². The molecule has 2 aromatic rings. The molecule has 0 spiro atoms. The first-order valence-corrected chi connectivity index (χ1v) is 8.81. The van der Waals surface area contributed by atoms with Crippen molar-refractivity contribution in [3.05, 3.63) is 67.7 Å². The molecule has 0 unspecified atom stereocenters. The lowest BCUT2D eigenvalue weighted by molar-refractivity contribution is 0.0822. The highest BCUT2D eigenvalue weighted by Crippen LogP contribution is 2.41. The molecule has 0 aliphatic heterocycles. The molecular weight excluding hydrogens is 441 g/mol. The van der Waals surface area contributed by atoms with E-state index in [1.165, 1.54) is 5.56 Å². The summed E-state index contributed by atoms with van der Waals surface area (Å²) in [7, 11) is 0. The average molecular weight is 456 g/mol. The first-order chi connectivity index (χ1) is 10.1. The second kappa shape index (κ2) is 6.08. The SMILES string of the molecule is O=C(NC1(c2ccccc2)CCC1)c1cc(Br)ccc1I. The Labute approximate surface area is 146 Å². The Balaban J connectivity index is 1.88. The molecule has 21 heavy (non-hydrogen) atoms. The van der Waals surface area contributed by atoms with Crippen molar-refractivity contribution in [1.29, 1.82) is 0 Å². The molecule has 1 amide bonds. The van der Waals surface area contributed by atoms with Crippen molar-refractivity contribution in [2.75, 3.05) is 0 Å². The van der Waals surface area contributed by atoms with E-state index in [1.807, 2.05) is 36.4 Å². The van der Waals surface area contributed by atoms with Crippen LogP contribution in [0.3, 0.4) is 0 Å². The predicted octanol–water partition coefficient (Wildman–Crippen LogP) is 4.86. The minimum atomic E-state index is -0.191. The van der Waals surface area contributed by atoms with E-state index in [0.717, 1.165) is 32.9 Å². The van der Waals surface area contributed by atoms with E-state index >= 15 is 0 Å². The van der Waals surface area contributed by atoms with Crippen molar-refractivity contribution in [2.24, 2.45) is 0 Å². The molecule has 1 saturated carbocycles. The van der Waals surface area contributed by atoms with E-state index in [-0.39, 0.29) is 11.4 Å². The molecule has 0 bridgehead atoms. The summed E-state index contributed by atoms with van der Waals surface area (Å²) in [6, 6.07) is 16.1. The molecule has 108 valence electrons. The Kier molecular flexibility index (Phi) is 4.36. The van der Waals surface area contributed by atoms with Gasteiger partial charge < -0.3 is 5.32 Å². The van der Waals surface area contributed by atoms with Crippen LogP contribution in [0.5, 0.6) is 0 Å². The fourth-order valence-electron chi connectivity index (χ4n) is 2.73. The summed E-state index contributed by atoms with van der Waals surface area (Å²) in [6.07, 6.45) is 3.17. The van der Waals surface area contributed by atoms with Crippen LogP contribution in [0, 0.1) is 3.57 Å². The van der Waals surface area contributed by atoms with E-state index < -0.39 is 0 Å². The van der Waals surface area contributed by atoms with Crippen LogP contribution in [0.2, 0.25) is 0 Å². The first kappa shape index (κ1) is 15.0. The number of benzene rings is 2. The third-order valence-electron chi connectivity index (χ3n) is 4.06. The van der Waals surface area contributed by atoms with E-state index in [4.69, 9.17) is 0 Å². The normalized spacial score (nSPS) is 16.1. The van der Waals surface area contributed by atoms with Crippen molar-refractivity contribution in [1.82, 2.24) is 5.32 Å². The van der Waals surface area contributed by atoms with Crippen LogP contribution in [-0.2, 0) is 5.54 Å². The van der Waals surface area contributed by atoms with E-state index in [0.29, 0.717) is 0 Å². The summed E-state index contributed by atoms with van der Waals surface area (Å²) in [4.78, 5) is 12.7. The van der Waals surface area contributed by atoms with Crippen molar-refractivity contribution >= 4 is 44.4 Å². The smallest absolute Gasteiger partial charge is 0.253 e. The van der Waals surface area contributed by atoms with Gasteiger partial charge in [0.15, 0.2) is 0 Å². The number of hydrogen-bond donors (Lipinski definition) is 1. The van der Waals surface area contributed by atoms with Crippen LogP contribution >= 0.6 is 38.5 Å². The maximum absolute atomic E-state index is 12.7. The van der Waals surface area contributed by atoms with Crippen LogP contribution in [-0.4, -0.2) is 5.91 Å². The number of halogens is 2. The summed E-state index contributed by atoms with van der Waals surface area (Å²) in [5.74, 6) is 0.00394. The van der Waals surface area contributed by atoms with Gasteiger partial charge in [0.25, 0.3) is 5.91 Å². The molecule has 1 aliphatic carbocycles. The second-order valence-electron chi connectivity index (χ2n) is 5.38. The van der Waals surface area contributed by atoms with Crippen molar-refractivity contribution in [2.45, 2.75) is 24.8 Å². The number of carbonyl (C=O) groups excluding carboxylic acids is 1. The molecule has 1 aliphatic rings. The lowest BCUT2D eigenvalue weighted by atomic mass is 9.71. The van der Waals surface area contributed by atoms with Crippen LogP contribution in [0.25, 0.3) is 0 Å². The fraction of sp³-hybridized carbons (Fsp3) is 0.235. The molecule has 1 N–H and O–H groups in total. The van der Waals surface area contributed by atoms with E-state index in [9.17, 15) is 4.79 Å². The molecule has 0 atom stereocenters. The van der Waals surface area contributed by atoms with Crippen LogP contribution in [0.15, 0.2) is 53.0 Å². The highest BCUT2D eigenvalue weighted by Gasteiger charge is 2.40. The number of carbonyl (C=O) groups is 1. The molecule has 0 aromatic heterocycles. The minimum Gasteiger partial charge on any atom is -0.342 e. The zero-order valence-electron chi connectivity index (χ0n) is 11.4. The number of nitrogens with one attached hydrogen (secondary N) is 1. The van der Waals surface area contributed by atoms with Gasteiger partial charge in [0.05, 0.1) is 11.1 Å². The Bertz CT molecular complexity index is 668. The highest BCUT2D eigenvalue weighted by molar-refractivity contribution is 14.1. The Morgan fingerprint density at radius 1 is 1.14 bits per heavy atom. The fourth-order valence-corrected chi connectivity index (χ4v) is 3.67. The van der Waals surface area contributed by atoms with Gasteiger partial charge in [-0.05, 0) is 65.6 Å². The maximum atomic E-state index is 12.7. The van der Waals surface area contributed by atoms with Gasteiger partial charge in [-0.25, -0.2) is 0 Å². The average Bonchev–Trinajstić information content (AvgIpc) is 2.46. The monoisotopic (exact) mass is 455 g/mol. The van der Waals surface area contributed by atoms with Gasteiger partial charge in [-0.1, -0.05) is 46.3 Å². The molecule has 0 heterocycles. The van der Waals surface area contributed by atoms with Gasteiger partial charge in [-0.2, -0.15) is 0 Å². The summed E-state index contributed by atoms with van der Waals surface area (Å²) in [6.45, 7) is 0. The largest absolute Gasteiger partial charge is 0.342 e. The highest BCUT2D eigenvalue weighted by atomic mass is 127. The third kappa shape index (κ3) is 3.01. The molecule has 2 nitrogen and oxygen atoms in total. The Morgan fingerprint density at radius 3 is 2.48 bits per heavy atom. The zero-order valence-corrected chi connectivity index (χ0v) is 15.1. The summed E-state index contributed by atoms with van der Waals surface area (Å²) < 4.78 is 1.89. The lowest BCUT2D eigenvalue weighted by Crippen LogP contribution is -2.50. The lowest BCUT2D eigenvalue weighted by Gasteiger charge is -2.43. The molecular formula is C17H15BrINO. The van der Waals surface area contributed by atoms with Gasteiger partial charge >= 0.3 is 0 Å². The Morgan fingerprint density at radius 2 is 1.86 bits per heavy atom. The van der Waals surface area contributed by atoms with Crippen molar-refractivity contribution in [3.8, 4) is 0 Å². The van der Waals surface area contributed by atoms with Gasteiger partial charge in [0.2, 0.25) is 0 Å². The predicted molar refractivity (Wildman–Crippen MR) is 96.3 cm³/mol. The number of rotatable bonds is 3. The molecule has 0 saturated heterocycles. The third-order valence-corrected chi connectivity index (χ3v) is 5.49. The zero-order chi connectivity index (χ0) is 14.9. The maximum Gasteiger partial charge on any atom is 0.253 e. The quantitative estimate of drug-likeness (QED) is 0.657. The molecule has 3 rings (SSSR count). The second-order valence-corrected chi connectivity index (χ2v) is 7.46. The topological polar surface area (TPSA) is 29.1 Å². The van der Waals surface area contributed by atoms with Crippen molar-refractivity contribution in [3.63, 3.8) is 0 Å². The summed E-state index contributed by atoms with van der Waals surface area (Å²) >= 11 is 5.64. The van der Waals surface area contributed by atoms with Crippen LogP contribution < -0.4 is 5.32 Å². The Hall–Kier alpha value is -0.880. The molecule has 2 aromatic carbocycles. The van der Waals surface area contributed by atoms with Crippen LogP contribution in [0.4, 0.5) is 0 Å². The van der Waals surface area contributed by atoms with Crippen LogP contribution in [0.1, 0.15) is 35.2 Å². The minimum absolute atomic E-state index is 0.00394. The van der Waals surface area contributed by atoms with Gasteiger partial charge in [-0.3, -0.25) is 4.79 Å². The number of hydrogen-bond acceptors (Lipinski definition) is 1. The molecule has 4 heteroatoms. The molecule has 0 radical (unpaired) electrons. The van der Waals surface area contributed by atoms with Crippen molar-refractivity contribution < 1.29 is 4.79 Å². The van der Waals surface area contributed by atoms with E-state index in [1.54, 1.807) is 0 Å². The number of amides is 1. The van der Waals surface area contributed by atoms with E-state index in [2.05, 4.69) is 56.0 Å². The van der Waals surface area contributed by atoms with Gasteiger partial charge in [0.1, 0.15) is 0 Å².